The fraction of sp³-hybridized carbons (Fsp3) is 0.368. The molecule has 3 N–H and O–H groups in total. The van der Waals surface area contributed by atoms with E-state index in [0.717, 1.165) is 35.7 Å². The Hall–Kier alpha value is -2.58. The van der Waals surface area contributed by atoms with E-state index in [9.17, 15) is 9.59 Å². The molecule has 0 atom stereocenters. The summed E-state index contributed by atoms with van der Waals surface area (Å²) in [5.74, 6) is 0.462. The summed E-state index contributed by atoms with van der Waals surface area (Å²) >= 11 is 1.40. The zero-order valence-corrected chi connectivity index (χ0v) is 16.2. The summed E-state index contributed by atoms with van der Waals surface area (Å²) in [6.07, 6.45) is 0.749. The lowest BCUT2D eigenvalue weighted by Gasteiger charge is -2.22. The number of anilines is 1. The van der Waals surface area contributed by atoms with Crippen LogP contribution in [0.2, 0.25) is 0 Å². The third-order valence-corrected chi connectivity index (χ3v) is 5.38. The molecule has 1 aliphatic heterocycles. The number of rotatable bonds is 7. The highest BCUT2D eigenvalue weighted by Gasteiger charge is 2.26. The van der Waals surface area contributed by atoms with Gasteiger partial charge in [0.2, 0.25) is 0 Å². The van der Waals surface area contributed by atoms with E-state index in [1.807, 2.05) is 14.0 Å². The number of likely N-dealkylation sites (N-methyl/N-ethyl adjacent to an activating group) is 1. The number of primary amides is 1. The monoisotopic (exact) mass is 389 g/mol. The van der Waals surface area contributed by atoms with E-state index in [2.05, 4.69) is 10.2 Å². The highest BCUT2D eigenvalue weighted by molar-refractivity contribution is 7.17. The average Bonchev–Trinajstić information content (AvgIpc) is 2.98. The number of nitrogens with two attached hydrogens (primary N) is 1. The second kappa shape index (κ2) is 8.41. The van der Waals surface area contributed by atoms with Gasteiger partial charge in [0.1, 0.15) is 16.5 Å². The van der Waals surface area contributed by atoms with Crippen molar-refractivity contribution in [3.8, 4) is 11.5 Å². The van der Waals surface area contributed by atoms with Gasteiger partial charge in [-0.3, -0.25) is 9.59 Å². The normalized spacial score (nSPS) is 13.7. The largest absolute Gasteiger partial charge is 0.494 e. The summed E-state index contributed by atoms with van der Waals surface area (Å²) in [7, 11) is 2.02. The van der Waals surface area contributed by atoms with Gasteiger partial charge in [-0.2, -0.15) is 0 Å². The van der Waals surface area contributed by atoms with Crippen molar-refractivity contribution in [2.45, 2.75) is 19.9 Å². The number of nitrogens with zero attached hydrogens (tertiary/aromatic N) is 1. The Bertz CT molecular complexity index is 832. The standard InChI is InChI=1S/C19H23N3O4S/c1-3-25-12-4-6-13(7-5-12)26-11-16(23)21-19-17(18(20)24)14-8-9-22(2)10-15(14)27-19/h4-7H,3,8-11H2,1-2H3,(H2,20,24)(H,21,23). The Balaban J connectivity index is 1.64. The van der Waals surface area contributed by atoms with Gasteiger partial charge in [-0.05, 0) is 50.2 Å². The number of thiophene rings is 1. The molecular weight excluding hydrogens is 366 g/mol. The van der Waals surface area contributed by atoms with Crippen LogP contribution in [0.3, 0.4) is 0 Å². The van der Waals surface area contributed by atoms with Gasteiger partial charge in [0.25, 0.3) is 11.8 Å². The van der Waals surface area contributed by atoms with Crippen LogP contribution in [0.1, 0.15) is 27.7 Å². The molecule has 7 nitrogen and oxygen atoms in total. The number of fused-ring (bicyclic) bond motifs is 1. The van der Waals surface area contributed by atoms with Crippen molar-refractivity contribution in [3.05, 3.63) is 40.3 Å². The third-order valence-electron chi connectivity index (χ3n) is 4.25. The van der Waals surface area contributed by atoms with Crippen molar-refractivity contribution >= 4 is 28.2 Å². The molecule has 0 saturated carbocycles. The first-order valence-corrected chi connectivity index (χ1v) is 9.58. The molecule has 3 rings (SSSR count). The maximum absolute atomic E-state index is 12.3. The second-order valence-corrected chi connectivity index (χ2v) is 7.41. The predicted octanol–water partition coefficient (Wildman–Crippen LogP) is 2.25. The third kappa shape index (κ3) is 4.58. The summed E-state index contributed by atoms with van der Waals surface area (Å²) < 4.78 is 10.9. The van der Waals surface area contributed by atoms with Crippen LogP contribution in [0, 0.1) is 0 Å². The topological polar surface area (TPSA) is 93.9 Å². The molecule has 0 saturated heterocycles. The van der Waals surface area contributed by atoms with Crippen molar-refractivity contribution in [3.63, 3.8) is 0 Å². The van der Waals surface area contributed by atoms with Gasteiger partial charge in [0.15, 0.2) is 6.61 Å². The molecule has 0 bridgehead atoms. The first-order chi connectivity index (χ1) is 13.0. The minimum Gasteiger partial charge on any atom is -0.494 e. The van der Waals surface area contributed by atoms with E-state index in [0.29, 0.717) is 22.9 Å². The molecule has 1 aromatic heterocycles. The van der Waals surface area contributed by atoms with Crippen LogP contribution in [0.5, 0.6) is 11.5 Å². The van der Waals surface area contributed by atoms with E-state index in [-0.39, 0.29) is 12.5 Å². The van der Waals surface area contributed by atoms with E-state index >= 15 is 0 Å². The van der Waals surface area contributed by atoms with Crippen molar-refractivity contribution in [1.82, 2.24) is 4.90 Å². The molecular formula is C19H23N3O4S. The summed E-state index contributed by atoms with van der Waals surface area (Å²) in [5, 5.41) is 3.28. The summed E-state index contributed by atoms with van der Waals surface area (Å²) in [5.41, 5.74) is 6.94. The SMILES string of the molecule is CCOc1ccc(OCC(=O)Nc2sc3c(c2C(N)=O)CCN(C)C3)cc1. The second-order valence-electron chi connectivity index (χ2n) is 6.30. The minimum atomic E-state index is -0.514. The average molecular weight is 389 g/mol. The van der Waals surface area contributed by atoms with Crippen molar-refractivity contribution < 1.29 is 19.1 Å². The van der Waals surface area contributed by atoms with Gasteiger partial charge >= 0.3 is 0 Å². The molecule has 0 radical (unpaired) electrons. The Morgan fingerprint density at radius 1 is 1.22 bits per heavy atom. The molecule has 8 heteroatoms. The zero-order valence-electron chi connectivity index (χ0n) is 15.4. The van der Waals surface area contributed by atoms with Crippen molar-refractivity contribution in [2.75, 3.05) is 32.1 Å². The highest BCUT2D eigenvalue weighted by Crippen LogP contribution is 2.36. The number of hydrogen-bond acceptors (Lipinski definition) is 6. The van der Waals surface area contributed by atoms with E-state index < -0.39 is 5.91 Å². The van der Waals surface area contributed by atoms with E-state index in [4.69, 9.17) is 15.2 Å². The maximum atomic E-state index is 12.3. The molecule has 1 aromatic carbocycles. The van der Waals surface area contributed by atoms with Crippen LogP contribution in [-0.4, -0.2) is 43.5 Å². The molecule has 27 heavy (non-hydrogen) atoms. The fourth-order valence-electron chi connectivity index (χ4n) is 2.99. The van der Waals surface area contributed by atoms with Crippen LogP contribution in [0.4, 0.5) is 5.00 Å². The van der Waals surface area contributed by atoms with Gasteiger partial charge in [0.05, 0.1) is 12.2 Å². The summed E-state index contributed by atoms with van der Waals surface area (Å²) in [4.78, 5) is 27.4. The number of carbonyl (C=O) groups excluding carboxylic acids is 2. The number of carbonyl (C=O) groups is 2. The lowest BCUT2D eigenvalue weighted by Crippen LogP contribution is -2.27. The Kier molecular flexibility index (Phi) is 5.98. The smallest absolute Gasteiger partial charge is 0.262 e. The van der Waals surface area contributed by atoms with Crippen LogP contribution in [0.15, 0.2) is 24.3 Å². The molecule has 0 aliphatic carbocycles. The molecule has 0 fully saturated rings. The number of amides is 2. The molecule has 1 aliphatic rings. The van der Waals surface area contributed by atoms with Crippen molar-refractivity contribution in [1.29, 1.82) is 0 Å². The molecule has 2 aromatic rings. The molecule has 144 valence electrons. The van der Waals surface area contributed by atoms with Crippen LogP contribution >= 0.6 is 11.3 Å². The molecule has 0 spiro atoms. The highest BCUT2D eigenvalue weighted by atomic mass is 32.1. The van der Waals surface area contributed by atoms with Gasteiger partial charge < -0.3 is 25.4 Å². The Morgan fingerprint density at radius 3 is 2.52 bits per heavy atom. The molecule has 2 amide bonds. The lowest BCUT2D eigenvalue weighted by molar-refractivity contribution is -0.118. The van der Waals surface area contributed by atoms with Crippen LogP contribution < -0.4 is 20.5 Å². The first kappa shape index (κ1) is 19.2. The number of hydrogen-bond donors (Lipinski definition) is 2. The quantitative estimate of drug-likeness (QED) is 0.758. The van der Waals surface area contributed by atoms with E-state index in [1.54, 1.807) is 24.3 Å². The van der Waals surface area contributed by atoms with Gasteiger partial charge in [-0.25, -0.2) is 0 Å². The Morgan fingerprint density at radius 2 is 1.89 bits per heavy atom. The predicted molar refractivity (Wildman–Crippen MR) is 105 cm³/mol. The van der Waals surface area contributed by atoms with Crippen molar-refractivity contribution in [2.24, 2.45) is 5.73 Å². The fourth-order valence-corrected chi connectivity index (χ4v) is 4.34. The van der Waals surface area contributed by atoms with Crippen LogP contribution in [-0.2, 0) is 17.8 Å². The first-order valence-electron chi connectivity index (χ1n) is 8.76. The van der Waals surface area contributed by atoms with E-state index in [1.165, 1.54) is 11.3 Å². The number of nitrogens with one attached hydrogen (secondary N) is 1. The summed E-state index contributed by atoms with van der Waals surface area (Å²) in [6.45, 7) is 3.95. The number of benzene rings is 1. The summed E-state index contributed by atoms with van der Waals surface area (Å²) in [6, 6.07) is 7.05. The van der Waals surface area contributed by atoms with Gasteiger partial charge in [-0.1, -0.05) is 0 Å². The number of ether oxygens (including phenoxy) is 2. The van der Waals surface area contributed by atoms with Gasteiger partial charge in [-0.15, -0.1) is 11.3 Å². The van der Waals surface area contributed by atoms with Gasteiger partial charge in [0, 0.05) is 18.0 Å². The lowest BCUT2D eigenvalue weighted by atomic mass is 10.0. The van der Waals surface area contributed by atoms with Crippen LogP contribution in [0.25, 0.3) is 0 Å². The maximum Gasteiger partial charge on any atom is 0.262 e. The minimum absolute atomic E-state index is 0.158. The Labute approximate surface area is 162 Å². The molecule has 2 heterocycles. The zero-order chi connectivity index (χ0) is 19.4. The molecule has 0 unspecified atom stereocenters.